The van der Waals surface area contributed by atoms with Gasteiger partial charge in [-0.2, -0.15) is 5.26 Å². The molecule has 0 unspecified atom stereocenters. The van der Waals surface area contributed by atoms with Gasteiger partial charge in [-0.05, 0) is 49.0 Å². The summed E-state index contributed by atoms with van der Waals surface area (Å²) < 4.78 is 1.70. The molecule has 1 aromatic carbocycles. The van der Waals surface area contributed by atoms with Crippen LogP contribution in [0.4, 0.5) is 5.69 Å². The van der Waals surface area contributed by atoms with E-state index in [9.17, 15) is 4.79 Å². The Balaban J connectivity index is 1.89. The summed E-state index contributed by atoms with van der Waals surface area (Å²) in [7, 11) is 0. The van der Waals surface area contributed by atoms with E-state index in [1.165, 1.54) is 0 Å². The number of anilines is 1. The Bertz CT molecular complexity index is 928. The van der Waals surface area contributed by atoms with Gasteiger partial charge in [0.05, 0.1) is 5.69 Å². The van der Waals surface area contributed by atoms with E-state index < -0.39 is 0 Å². The first-order chi connectivity index (χ1) is 11.1. The molecule has 2 heterocycles. The summed E-state index contributed by atoms with van der Waals surface area (Å²) in [6.45, 7) is 1.78. The number of imidazole rings is 1. The molecule has 0 radical (unpaired) electrons. The maximum atomic E-state index is 12.5. The highest BCUT2D eigenvalue weighted by atomic mass is 35.5. The van der Waals surface area contributed by atoms with E-state index in [2.05, 4.69) is 10.3 Å². The van der Waals surface area contributed by atoms with Crippen molar-refractivity contribution in [1.82, 2.24) is 9.38 Å². The van der Waals surface area contributed by atoms with Crippen molar-refractivity contribution in [3.05, 3.63) is 59.0 Å². The number of aryl methyl sites for hydroxylation is 1. The number of benzene rings is 1. The van der Waals surface area contributed by atoms with Crippen molar-refractivity contribution < 1.29 is 4.79 Å². The van der Waals surface area contributed by atoms with Crippen molar-refractivity contribution in [2.45, 2.75) is 11.8 Å². The van der Waals surface area contributed by atoms with Crippen LogP contribution in [-0.2, 0) is 0 Å². The third-order valence-electron chi connectivity index (χ3n) is 3.25. The average Bonchev–Trinajstić information content (AvgIpc) is 2.84. The summed E-state index contributed by atoms with van der Waals surface area (Å²) in [6.07, 6.45) is 1.72. The van der Waals surface area contributed by atoms with Crippen LogP contribution < -0.4 is 5.32 Å². The highest BCUT2D eigenvalue weighted by Crippen LogP contribution is 2.21. The summed E-state index contributed by atoms with van der Waals surface area (Å²) in [6, 6.07) is 10.5. The van der Waals surface area contributed by atoms with E-state index in [0.717, 1.165) is 16.7 Å². The van der Waals surface area contributed by atoms with Gasteiger partial charge in [-0.1, -0.05) is 11.6 Å². The molecule has 5 nitrogen and oxygen atoms in total. The fourth-order valence-electron chi connectivity index (χ4n) is 2.26. The lowest BCUT2D eigenvalue weighted by atomic mass is 10.3. The normalized spacial score (nSPS) is 10.5. The molecule has 23 heavy (non-hydrogen) atoms. The zero-order valence-electron chi connectivity index (χ0n) is 12.1. The molecule has 0 aliphatic rings. The number of nitrogens with one attached hydrogen (secondary N) is 1. The van der Waals surface area contributed by atoms with E-state index in [4.69, 9.17) is 16.9 Å². The molecule has 2 aromatic heterocycles. The molecule has 0 fully saturated rings. The number of nitrogens with zero attached hydrogens (tertiary/aromatic N) is 3. The highest BCUT2D eigenvalue weighted by molar-refractivity contribution is 8.03. The first-order valence-corrected chi connectivity index (χ1v) is 7.89. The monoisotopic (exact) mass is 342 g/mol. The van der Waals surface area contributed by atoms with Crippen LogP contribution in [0, 0.1) is 17.6 Å². The van der Waals surface area contributed by atoms with Crippen LogP contribution in [0.25, 0.3) is 5.65 Å². The number of carbonyl (C=O) groups excluding carboxylic acids is 1. The average molecular weight is 343 g/mol. The molecule has 0 spiro atoms. The van der Waals surface area contributed by atoms with Crippen molar-refractivity contribution in [3.8, 4) is 5.40 Å². The SMILES string of the molecule is Cc1nc2cc(Cl)ccn2c1C(=O)Nc1ccc(SC#N)cc1. The highest BCUT2D eigenvalue weighted by Gasteiger charge is 2.16. The Labute approximate surface area is 141 Å². The van der Waals surface area contributed by atoms with Gasteiger partial charge in [-0.15, -0.1) is 0 Å². The van der Waals surface area contributed by atoms with Gasteiger partial charge in [0.15, 0.2) is 0 Å². The molecule has 0 saturated heterocycles. The minimum atomic E-state index is -0.252. The second-order valence-electron chi connectivity index (χ2n) is 4.79. The lowest BCUT2D eigenvalue weighted by Gasteiger charge is -2.06. The van der Waals surface area contributed by atoms with E-state index in [0.29, 0.717) is 27.7 Å². The van der Waals surface area contributed by atoms with Crippen molar-refractivity contribution in [1.29, 1.82) is 5.26 Å². The van der Waals surface area contributed by atoms with Crippen molar-refractivity contribution in [2.75, 3.05) is 5.32 Å². The van der Waals surface area contributed by atoms with E-state index in [1.54, 1.807) is 53.9 Å². The van der Waals surface area contributed by atoms with E-state index >= 15 is 0 Å². The molecule has 0 aliphatic heterocycles. The predicted octanol–water partition coefficient (Wildman–Crippen LogP) is 4.12. The van der Waals surface area contributed by atoms with Crippen LogP contribution in [-0.4, -0.2) is 15.3 Å². The summed E-state index contributed by atoms with van der Waals surface area (Å²) in [5.74, 6) is -0.252. The second kappa shape index (κ2) is 6.32. The maximum Gasteiger partial charge on any atom is 0.274 e. The first kappa shape index (κ1) is 15.4. The fourth-order valence-corrected chi connectivity index (χ4v) is 2.79. The smallest absolute Gasteiger partial charge is 0.274 e. The minimum absolute atomic E-state index is 0.252. The first-order valence-electron chi connectivity index (χ1n) is 6.70. The maximum absolute atomic E-state index is 12.5. The predicted molar refractivity (Wildman–Crippen MR) is 90.8 cm³/mol. The van der Waals surface area contributed by atoms with Crippen molar-refractivity contribution >= 4 is 40.6 Å². The zero-order chi connectivity index (χ0) is 16.4. The number of hydrogen-bond acceptors (Lipinski definition) is 4. The Hall–Kier alpha value is -2.49. The van der Waals surface area contributed by atoms with Crippen molar-refractivity contribution in [2.24, 2.45) is 0 Å². The third-order valence-corrected chi connectivity index (χ3v) is 4.09. The molecule has 3 aromatic rings. The van der Waals surface area contributed by atoms with Crippen LogP contribution >= 0.6 is 23.4 Å². The standard InChI is InChI=1S/C16H11ClN4OS/c1-10-15(21-7-6-11(17)8-14(21)19-10)16(22)20-12-2-4-13(5-3-12)23-9-18/h2-8H,1H3,(H,20,22). The molecule has 1 N–H and O–H groups in total. The molecule has 114 valence electrons. The van der Waals surface area contributed by atoms with Gasteiger partial charge < -0.3 is 5.32 Å². The van der Waals surface area contributed by atoms with Crippen LogP contribution in [0.2, 0.25) is 5.02 Å². The van der Waals surface area contributed by atoms with Crippen LogP contribution in [0.5, 0.6) is 0 Å². The zero-order valence-corrected chi connectivity index (χ0v) is 13.6. The fraction of sp³-hybridized carbons (Fsp3) is 0.0625. The molecule has 0 saturated carbocycles. The van der Waals surface area contributed by atoms with E-state index in [-0.39, 0.29) is 5.91 Å². The Kier molecular flexibility index (Phi) is 4.24. The quantitative estimate of drug-likeness (QED) is 0.574. The number of rotatable bonds is 3. The number of hydrogen-bond donors (Lipinski definition) is 1. The molecule has 7 heteroatoms. The molecular weight excluding hydrogens is 332 g/mol. The van der Waals surface area contributed by atoms with Gasteiger partial charge in [-0.3, -0.25) is 9.20 Å². The summed E-state index contributed by atoms with van der Waals surface area (Å²) in [5.41, 5.74) is 2.37. The minimum Gasteiger partial charge on any atom is -0.321 e. The molecule has 1 amide bonds. The number of halogens is 1. The van der Waals surface area contributed by atoms with Gasteiger partial charge in [-0.25, -0.2) is 4.98 Å². The molecule has 0 atom stereocenters. The lowest BCUT2D eigenvalue weighted by molar-refractivity contribution is 0.102. The second-order valence-corrected chi connectivity index (χ2v) is 6.09. The molecule has 0 bridgehead atoms. The van der Waals surface area contributed by atoms with Gasteiger partial charge in [0.1, 0.15) is 16.7 Å². The Morgan fingerprint density at radius 3 is 2.78 bits per heavy atom. The van der Waals surface area contributed by atoms with E-state index in [1.807, 2.05) is 5.40 Å². The molecule has 3 rings (SSSR count). The summed E-state index contributed by atoms with van der Waals surface area (Å²) in [4.78, 5) is 17.7. The van der Waals surface area contributed by atoms with Crippen LogP contribution in [0.15, 0.2) is 47.5 Å². The number of amides is 1. The van der Waals surface area contributed by atoms with Crippen LogP contribution in [0.1, 0.15) is 16.2 Å². The van der Waals surface area contributed by atoms with Gasteiger partial charge in [0.25, 0.3) is 5.91 Å². The summed E-state index contributed by atoms with van der Waals surface area (Å²) in [5, 5.41) is 14.0. The van der Waals surface area contributed by atoms with Crippen molar-refractivity contribution in [3.63, 3.8) is 0 Å². The largest absolute Gasteiger partial charge is 0.321 e. The Morgan fingerprint density at radius 1 is 1.35 bits per heavy atom. The van der Waals surface area contributed by atoms with Gasteiger partial charge >= 0.3 is 0 Å². The number of carbonyl (C=O) groups is 1. The lowest BCUT2D eigenvalue weighted by Crippen LogP contribution is -2.15. The third kappa shape index (κ3) is 3.16. The molecule has 0 aliphatic carbocycles. The number of pyridine rings is 1. The topological polar surface area (TPSA) is 70.2 Å². The van der Waals surface area contributed by atoms with Crippen LogP contribution in [0.3, 0.4) is 0 Å². The van der Waals surface area contributed by atoms with Gasteiger partial charge in [0, 0.05) is 27.9 Å². The Morgan fingerprint density at radius 2 is 2.09 bits per heavy atom. The van der Waals surface area contributed by atoms with Gasteiger partial charge in [0.2, 0.25) is 0 Å². The number of nitriles is 1. The number of fused-ring (bicyclic) bond motifs is 1. The summed E-state index contributed by atoms with van der Waals surface area (Å²) >= 11 is 7.02. The number of aromatic nitrogens is 2. The number of thioether (sulfide) groups is 1. The molecular formula is C16H11ClN4OS. The number of thiocyanates is 1.